The maximum Gasteiger partial charge on any atom is 0.321 e. The van der Waals surface area contributed by atoms with Crippen LogP contribution in [0.3, 0.4) is 0 Å². The SMILES string of the molecule is CS(=O)(=O)C1CCN(C(=O)Nc2cccc(C(=O)N3CCC(c4ccc(C#N)cc4)CC3)c2)C1. The fourth-order valence-electron chi connectivity index (χ4n) is 4.62. The summed E-state index contributed by atoms with van der Waals surface area (Å²) < 4.78 is 23.5. The Morgan fingerprint density at radius 3 is 2.29 bits per heavy atom. The predicted molar refractivity (Wildman–Crippen MR) is 129 cm³/mol. The molecule has 0 saturated carbocycles. The third-order valence-electron chi connectivity index (χ3n) is 6.69. The number of hydrogen-bond acceptors (Lipinski definition) is 5. The maximum atomic E-state index is 13.1. The number of hydrogen-bond donors (Lipinski definition) is 1. The number of likely N-dealkylation sites (tertiary alicyclic amines) is 2. The quantitative estimate of drug-likeness (QED) is 0.722. The molecule has 2 aliphatic heterocycles. The van der Waals surface area contributed by atoms with Gasteiger partial charge in [0, 0.05) is 43.7 Å². The average molecular weight is 481 g/mol. The van der Waals surface area contributed by atoms with Crippen LogP contribution in [0.15, 0.2) is 48.5 Å². The van der Waals surface area contributed by atoms with E-state index in [1.165, 1.54) is 16.7 Å². The molecule has 34 heavy (non-hydrogen) atoms. The van der Waals surface area contributed by atoms with Crippen molar-refractivity contribution in [3.63, 3.8) is 0 Å². The van der Waals surface area contributed by atoms with Crippen molar-refractivity contribution < 1.29 is 18.0 Å². The van der Waals surface area contributed by atoms with Gasteiger partial charge in [-0.15, -0.1) is 0 Å². The molecule has 2 heterocycles. The first-order chi connectivity index (χ1) is 16.2. The summed E-state index contributed by atoms with van der Waals surface area (Å²) in [6.45, 7) is 1.84. The van der Waals surface area contributed by atoms with Crippen LogP contribution in [-0.2, 0) is 9.84 Å². The molecular formula is C25H28N4O4S. The Labute approximate surface area is 200 Å². The highest BCUT2D eigenvalue weighted by Crippen LogP contribution is 2.29. The highest BCUT2D eigenvalue weighted by Gasteiger charge is 2.32. The largest absolute Gasteiger partial charge is 0.339 e. The number of carbonyl (C=O) groups excluding carboxylic acids is 2. The average Bonchev–Trinajstić information content (AvgIpc) is 3.35. The minimum atomic E-state index is -3.18. The van der Waals surface area contributed by atoms with Gasteiger partial charge >= 0.3 is 6.03 Å². The molecule has 8 nitrogen and oxygen atoms in total. The Kier molecular flexibility index (Phi) is 6.89. The van der Waals surface area contributed by atoms with E-state index in [0.29, 0.717) is 48.8 Å². The summed E-state index contributed by atoms with van der Waals surface area (Å²) in [7, 11) is -3.18. The number of carbonyl (C=O) groups is 2. The molecule has 2 aliphatic rings. The monoisotopic (exact) mass is 480 g/mol. The highest BCUT2D eigenvalue weighted by atomic mass is 32.2. The van der Waals surface area contributed by atoms with Crippen LogP contribution in [0.2, 0.25) is 0 Å². The van der Waals surface area contributed by atoms with Gasteiger partial charge in [0.05, 0.1) is 16.9 Å². The fraction of sp³-hybridized carbons (Fsp3) is 0.400. The summed E-state index contributed by atoms with van der Waals surface area (Å²) in [5.74, 6) is 0.284. The van der Waals surface area contributed by atoms with Crippen molar-refractivity contribution in [2.75, 3.05) is 37.8 Å². The first-order valence-corrected chi connectivity index (χ1v) is 13.3. The van der Waals surface area contributed by atoms with Gasteiger partial charge in [0.25, 0.3) is 5.91 Å². The second kappa shape index (κ2) is 9.85. The molecule has 178 valence electrons. The van der Waals surface area contributed by atoms with Gasteiger partial charge in [-0.25, -0.2) is 13.2 Å². The molecule has 0 bridgehead atoms. The van der Waals surface area contributed by atoms with E-state index in [2.05, 4.69) is 11.4 Å². The van der Waals surface area contributed by atoms with Crippen molar-refractivity contribution in [2.45, 2.75) is 30.4 Å². The van der Waals surface area contributed by atoms with Crippen molar-refractivity contribution in [2.24, 2.45) is 0 Å². The number of benzene rings is 2. The molecule has 0 spiro atoms. The van der Waals surface area contributed by atoms with Crippen molar-refractivity contribution >= 4 is 27.5 Å². The highest BCUT2D eigenvalue weighted by molar-refractivity contribution is 7.91. The van der Waals surface area contributed by atoms with Crippen LogP contribution >= 0.6 is 0 Å². The molecule has 4 rings (SSSR count). The molecule has 1 N–H and O–H groups in total. The maximum absolute atomic E-state index is 13.1. The number of nitriles is 1. The smallest absolute Gasteiger partial charge is 0.321 e. The van der Waals surface area contributed by atoms with E-state index >= 15 is 0 Å². The summed E-state index contributed by atoms with van der Waals surface area (Å²) >= 11 is 0. The number of nitrogens with zero attached hydrogens (tertiary/aromatic N) is 3. The van der Waals surface area contributed by atoms with Crippen molar-refractivity contribution in [3.8, 4) is 6.07 Å². The number of anilines is 1. The van der Waals surface area contributed by atoms with E-state index in [0.717, 1.165) is 12.8 Å². The first-order valence-electron chi connectivity index (χ1n) is 11.4. The zero-order valence-electron chi connectivity index (χ0n) is 19.1. The number of urea groups is 1. The third kappa shape index (κ3) is 5.39. The number of rotatable bonds is 4. The number of nitrogens with one attached hydrogen (secondary N) is 1. The minimum absolute atomic E-state index is 0.0762. The van der Waals surface area contributed by atoms with Gasteiger partial charge in [-0.1, -0.05) is 18.2 Å². The second-order valence-electron chi connectivity index (χ2n) is 9.00. The van der Waals surface area contributed by atoms with Crippen LogP contribution in [0, 0.1) is 11.3 Å². The lowest BCUT2D eigenvalue weighted by Crippen LogP contribution is -2.38. The zero-order chi connectivity index (χ0) is 24.3. The standard InChI is InChI=1S/C25H28N4O4S/c1-34(32,33)23-11-14-29(17-23)25(31)27-22-4-2-3-21(15-22)24(30)28-12-9-20(10-13-28)19-7-5-18(16-26)6-8-19/h2-8,15,20,23H,9-14,17H2,1H3,(H,27,31). The summed E-state index contributed by atoms with van der Waals surface area (Å²) in [5.41, 5.74) is 2.84. The Morgan fingerprint density at radius 2 is 1.68 bits per heavy atom. The van der Waals surface area contributed by atoms with E-state index in [1.54, 1.807) is 24.3 Å². The predicted octanol–water partition coefficient (Wildman–Crippen LogP) is 3.23. The van der Waals surface area contributed by atoms with Crippen molar-refractivity contribution in [3.05, 3.63) is 65.2 Å². The van der Waals surface area contributed by atoms with Gasteiger partial charge in [0.1, 0.15) is 0 Å². The van der Waals surface area contributed by atoms with E-state index in [9.17, 15) is 18.0 Å². The summed E-state index contributed by atoms with van der Waals surface area (Å²) in [5, 5.41) is 11.2. The van der Waals surface area contributed by atoms with Gasteiger partial charge in [0.15, 0.2) is 9.84 Å². The zero-order valence-corrected chi connectivity index (χ0v) is 19.9. The van der Waals surface area contributed by atoms with E-state index in [4.69, 9.17) is 5.26 Å². The van der Waals surface area contributed by atoms with E-state index in [1.807, 2.05) is 29.2 Å². The Bertz CT molecular complexity index is 1210. The van der Waals surface area contributed by atoms with Crippen LogP contribution in [0.1, 0.15) is 46.7 Å². The van der Waals surface area contributed by atoms with Crippen LogP contribution in [-0.4, -0.2) is 67.8 Å². The van der Waals surface area contributed by atoms with Gasteiger partial charge in [-0.2, -0.15) is 5.26 Å². The molecular weight excluding hydrogens is 452 g/mol. The minimum Gasteiger partial charge on any atom is -0.339 e. The van der Waals surface area contributed by atoms with Crippen LogP contribution < -0.4 is 5.32 Å². The Morgan fingerprint density at radius 1 is 1.00 bits per heavy atom. The molecule has 1 atom stereocenters. The molecule has 2 aromatic rings. The molecule has 9 heteroatoms. The van der Waals surface area contributed by atoms with E-state index < -0.39 is 15.1 Å². The Hall–Kier alpha value is -3.38. The summed E-state index contributed by atoms with van der Waals surface area (Å²) in [6.07, 6.45) is 3.33. The fourth-order valence-corrected chi connectivity index (χ4v) is 5.61. The van der Waals surface area contributed by atoms with Crippen LogP contribution in [0.4, 0.5) is 10.5 Å². The molecule has 2 aromatic carbocycles. The summed E-state index contributed by atoms with van der Waals surface area (Å²) in [4.78, 5) is 29.0. The van der Waals surface area contributed by atoms with E-state index in [-0.39, 0.29) is 18.5 Å². The molecule has 2 fully saturated rings. The summed E-state index contributed by atoms with van der Waals surface area (Å²) in [6, 6.07) is 16.3. The van der Waals surface area contributed by atoms with Gasteiger partial charge in [-0.05, 0) is 61.1 Å². The lowest BCUT2D eigenvalue weighted by atomic mass is 9.89. The third-order valence-corrected chi connectivity index (χ3v) is 8.29. The van der Waals surface area contributed by atoms with Crippen LogP contribution in [0.5, 0.6) is 0 Å². The molecule has 0 radical (unpaired) electrons. The van der Waals surface area contributed by atoms with Gasteiger partial charge < -0.3 is 15.1 Å². The normalized spacial score (nSPS) is 19.0. The molecule has 1 unspecified atom stereocenters. The number of sulfone groups is 1. The topological polar surface area (TPSA) is 111 Å². The van der Waals surface area contributed by atoms with Gasteiger partial charge in [-0.3, -0.25) is 4.79 Å². The molecule has 2 saturated heterocycles. The number of amides is 3. The lowest BCUT2D eigenvalue weighted by Gasteiger charge is -2.32. The lowest BCUT2D eigenvalue weighted by molar-refractivity contribution is 0.0713. The van der Waals surface area contributed by atoms with Crippen molar-refractivity contribution in [1.82, 2.24) is 9.80 Å². The first kappa shape index (κ1) is 23.8. The molecule has 3 amide bonds. The molecule has 0 aromatic heterocycles. The molecule has 0 aliphatic carbocycles. The van der Waals surface area contributed by atoms with Crippen LogP contribution in [0.25, 0.3) is 0 Å². The Balaban J connectivity index is 1.34. The number of piperidine rings is 1. The second-order valence-corrected chi connectivity index (χ2v) is 11.3. The van der Waals surface area contributed by atoms with Gasteiger partial charge in [0.2, 0.25) is 0 Å². The van der Waals surface area contributed by atoms with Crippen molar-refractivity contribution in [1.29, 1.82) is 5.26 Å².